The highest BCUT2D eigenvalue weighted by molar-refractivity contribution is 6.30. The summed E-state index contributed by atoms with van der Waals surface area (Å²) in [6, 6.07) is 1.37. The maximum absolute atomic E-state index is 12.5. The van der Waals surface area contributed by atoms with Gasteiger partial charge in [0.1, 0.15) is 0 Å². The number of anilines is 1. The van der Waals surface area contributed by atoms with Gasteiger partial charge in [-0.2, -0.15) is 0 Å². The van der Waals surface area contributed by atoms with Crippen LogP contribution in [0.25, 0.3) is 0 Å². The summed E-state index contributed by atoms with van der Waals surface area (Å²) in [5.41, 5.74) is 1.55. The summed E-state index contributed by atoms with van der Waals surface area (Å²) in [5.74, 6) is -1.18. The zero-order valence-electron chi connectivity index (χ0n) is 15.6. The topological polar surface area (TPSA) is 120 Å². The lowest BCUT2D eigenvalue weighted by Crippen LogP contribution is -2.55. The van der Waals surface area contributed by atoms with E-state index in [0.717, 1.165) is 5.69 Å². The van der Waals surface area contributed by atoms with Crippen LogP contribution in [0, 0.1) is 0 Å². The molecular formula is C18H22ClN5O4. The second kappa shape index (κ2) is 8.57. The Morgan fingerprint density at radius 1 is 1.46 bits per heavy atom. The van der Waals surface area contributed by atoms with Crippen molar-refractivity contribution < 1.29 is 19.4 Å². The normalized spacial score (nSPS) is 19.5. The third-order valence-electron chi connectivity index (χ3n) is 4.81. The molecule has 3 rings (SSSR count). The number of piperidine rings is 1. The SMILES string of the molecule is CCc1[nH]c(C(=O)NC2CCN(c3cncc(C(=O)O)c3)CC2OC)nc1Cl. The lowest BCUT2D eigenvalue weighted by atomic mass is 10.0. The van der Waals surface area contributed by atoms with E-state index in [1.807, 2.05) is 11.8 Å². The van der Waals surface area contributed by atoms with Crippen LogP contribution in [-0.2, 0) is 11.2 Å². The van der Waals surface area contributed by atoms with Crippen LogP contribution in [0.15, 0.2) is 18.5 Å². The number of aryl methyl sites for hydroxylation is 1. The number of nitrogens with zero attached hydrogens (tertiary/aromatic N) is 3. The number of rotatable bonds is 6. The number of nitrogens with one attached hydrogen (secondary N) is 2. The molecule has 0 spiro atoms. The molecule has 0 aliphatic carbocycles. The number of carbonyl (C=O) groups excluding carboxylic acids is 1. The van der Waals surface area contributed by atoms with Crippen LogP contribution >= 0.6 is 11.6 Å². The Morgan fingerprint density at radius 2 is 2.25 bits per heavy atom. The van der Waals surface area contributed by atoms with Crippen molar-refractivity contribution in [2.45, 2.75) is 31.9 Å². The molecular weight excluding hydrogens is 386 g/mol. The lowest BCUT2D eigenvalue weighted by molar-refractivity contribution is 0.0538. The first-order chi connectivity index (χ1) is 13.4. The number of pyridine rings is 1. The molecule has 28 heavy (non-hydrogen) atoms. The first-order valence-corrected chi connectivity index (χ1v) is 9.32. The summed E-state index contributed by atoms with van der Waals surface area (Å²) in [5, 5.41) is 12.4. The Kier molecular flexibility index (Phi) is 6.15. The smallest absolute Gasteiger partial charge is 0.337 e. The van der Waals surface area contributed by atoms with Gasteiger partial charge < -0.3 is 25.0 Å². The predicted octanol–water partition coefficient (Wildman–Crippen LogP) is 1.74. The second-order valence-corrected chi connectivity index (χ2v) is 6.89. The highest BCUT2D eigenvalue weighted by Crippen LogP contribution is 2.22. The Morgan fingerprint density at radius 3 is 2.89 bits per heavy atom. The third-order valence-corrected chi connectivity index (χ3v) is 5.12. The molecule has 1 aliphatic rings. The highest BCUT2D eigenvalue weighted by Gasteiger charge is 2.32. The molecule has 1 amide bonds. The summed E-state index contributed by atoms with van der Waals surface area (Å²) in [4.78, 5) is 36.7. The number of ether oxygens (including phenoxy) is 1. The molecule has 1 saturated heterocycles. The van der Waals surface area contributed by atoms with E-state index in [-0.39, 0.29) is 29.4 Å². The van der Waals surface area contributed by atoms with Crippen molar-refractivity contribution in [3.8, 4) is 0 Å². The molecule has 2 unspecified atom stereocenters. The molecule has 3 heterocycles. The molecule has 0 bridgehead atoms. The number of H-pyrrole nitrogens is 1. The number of carboxylic acid groups (broad SMARTS) is 1. The molecule has 1 fully saturated rings. The van der Waals surface area contributed by atoms with Crippen LogP contribution in [0.1, 0.15) is 40.0 Å². The Bertz CT molecular complexity index is 871. The van der Waals surface area contributed by atoms with Crippen LogP contribution in [0.3, 0.4) is 0 Å². The van der Waals surface area contributed by atoms with Crippen LogP contribution in [-0.4, -0.2) is 64.3 Å². The summed E-state index contributed by atoms with van der Waals surface area (Å²) < 4.78 is 5.57. The lowest BCUT2D eigenvalue weighted by Gasteiger charge is -2.39. The number of halogens is 1. The van der Waals surface area contributed by atoms with Gasteiger partial charge in [-0.05, 0) is 18.9 Å². The van der Waals surface area contributed by atoms with Gasteiger partial charge in [0.15, 0.2) is 11.0 Å². The predicted molar refractivity (Wildman–Crippen MR) is 103 cm³/mol. The fraction of sp³-hybridized carbons (Fsp3) is 0.444. The Labute approximate surface area is 167 Å². The van der Waals surface area contributed by atoms with Gasteiger partial charge in [0.05, 0.1) is 35.3 Å². The van der Waals surface area contributed by atoms with Crippen molar-refractivity contribution in [2.24, 2.45) is 0 Å². The zero-order chi connectivity index (χ0) is 20.3. The number of hydrogen-bond acceptors (Lipinski definition) is 6. The monoisotopic (exact) mass is 407 g/mol. The minimum absolute atomic E-state index is 0.128. The van der Waals surface area contributed by atoms with Gasteiger partial charge in [-0.25, -0.2) is 9.78 Å². The molecule has 10 heteroatoms. The second-order valence-electron chi connectivity index (χ2n) is 6.53. The average Bonchev–Trinajstić information content (AvgIpc) is 3.09. The van der Waals surface area contributed by atoms with Crippen molar-refractivity contribution >= 4 is 29.2 Å². The maximum atomic E-state index is 12.5. The quantitative estimate of drug-likeness (QED) is 0.666. The van der Waals surface area contributed by atoms with E-state index in [0.29, 0.717) is 36.8 Å². The van der Waals surface area contributed by atoms with Crippen LogP contribution in [0.4, 0.5) is 5.69 Å². The van der Waals surface area contributed by atoms with Gasteiger partial charge in [0.25, 0.3) is 5.91 Å². The molecule has 9 nitrogen and oxygen atoms in total. The van der Waals surface area contributed by atoms with Crippen molar-refractivity contribution in [3.05, 3.63) is 40.7 Å². The molecule has 2 aromatic heterocycles. The van der Waals surface area contributed by atoms with Crippen LogP contribution in [0.2, 0.25) is 5.15 Å². The van der Waals surface area contributed by atoms with Gasteiger partial charge in [-0.3, -0.25) is 9.78 Å². The van der Waals surface area contributed by atoms with Crippen molar-refractivity contribution in [2.75, 3.05) is 25.1 Å². The van der Waals surface area contributed by atoms with Crippen molar-refractivity contribution in [1.29, 1.82) is 0 Å². The largest absolute Gasteiger partial charge is 0.478 e. The van der Waals surface area contributed by atoms with Gasteiger partial charge in [0.2, 0.25) is 0 Å². The zero-order valence-corrected chi connectivity index (χ0v) is 16.4. The van der Waals surface area contributed by atoms with Crippen LogP contribution in [0.5, 0.6) is 0 Å². The van der Waals surface area contributed by atoms with E-state index in [1.165, 1.54) is 6.20 Å². The minimum atomic E-state index is -1.02. The van der Waals surface area contributed by atoms with E-state index in [2.05, 4.69) is 20.3 Å². The van der Waals surface area contributed by atoms with E-state index < -0.39 is 5.97 Å². The van der Waals surface area contributed by atoms with Gasteiger partial charge in [0, 0.05) is 26.4 Å². The number of hydrogen-bond donors (Lipinski definition) is 3. The fourth-order valence-corrected chi connectivity index (χ4v) is 3.50. The third kappa shape index (κ3) is 4.26. The number of aromatic amines is 1. The molecule has 0 radical (unpaired) electrons. The van der Waals surface area contributed by atoms with E-state index in [1.54, 1.807) is 19.4 Å². The summed E-state index contributed by atoms with van der Waals surface area (Å²) >= 11 is 6.01. The van der Waals surface area contributed by atoms with Gasteiger partial charge in [-0.1, -0.05) is 18.5 Å². The van der Waals surface area contributed by atoms with E-state index in [4.69, 9.17) is 21.4 Å². The summed E-state index contributed by atoms with van der Waals surface area (Å²) in [7, 11) is 1.58. The van der Waals surface area contributed by atoms with Gasteiger partial charge >= 0.3 is 5.97 Å². The first-order valence-electron chi connectivity index (χ1n) is 8.94. The standard InChI is InChI=1S/C18H22ClN5O4/c1-3-12-15(19)23-16(21-12)17(25)22-13-4-5-24(9-14(13)28-2)11-6-10(18(26)27)7-20-8-11/h6-8,13-14H,3-5,9H2,1-2H3,(H,21,23)(H,22,25)(H,26,27). The molecule has 1 aliphatic heterocycles. The van der Waals surface area contributed by atoms with Gasteiger partial charge in [-0.15, -0.1) is 0 Å². The average molecular weight is 408 g/mol. The Balaban J connectivity index is 1.68. The molecule has 150 valence electrons. The van der Waals surface area contributed by atoms with Crippen molar-refractivity contribution in [1.82, 2.24) is 20.3 Å². The highest BCUT2D eigenvalue weighted by atomic mass is 35.5. The molecule has 0 aromatic carbocycles. The number of imidazole rings is 1. The number of carbonyl (C=O) groups is 2. The number of aromatic nitrogens is 3. The Hall–Kier alpha value is -2.65. The minimum Gasteiger partial charge on any atom is -0.478 e. The van der Waals surface area contributed by atoms with E-state index in [9.17, 15) is 9.59 Å². The fourth-order valence-electron chi connectivity index (χ4n) is 3.24. The summed E-state index contributed by atoms with van der Waals surface area (Å²) in [6.45, 7) is 3.03. The van der Waals surface area contributed by atoms with Crippen molar-refractivity contribution in [3.63, 3.8) is 0 Å². The number of methoxy groups -OCH3 is 1. The molecule has 2 atom stereocenters. The molecule has 0 saturated carbocycles. The van der Waals surface area contributed by atoms with Crippen LogP contribution < -0.4 is 10.2 Å². The maximum Gasteiger partial charge on any atom is 0.337 e. The van der Waals surface area contributed by atoms with E-state index >= 15 is 0 Å². The number of carboxylic acids is 1. The summed E-state index contributed by atoms with van der Waals surface area (Å²) in [6.07, 6.45) is 3.93. The number of amides is 1. The molecule has 2 aromatic rings. The molecule has 3 N–H and O–H groups in total. The number of aromatic carboxylic acids is 1. The first kappa shape index (κ1) is 20.1.